The first-order valence-electron chi connectivity index (χ1n) is 4.29. The molecule has 0 bridgehead atoms. The first kappa shape index (κ1) is 9.84. The van der Waals surface area contributed by atoms with Crippen molar-refractivity contribution in [2.75, 3.05) is 18.9 Å². The zero-order valence-electron chi connectivity index (χ0n) is 7.98. The predicted octanol–water partition coefficient (Wildman–Crippen LogP) is -0.368. The Bertz CT molecular complexity index is 388. The Morgan fingerprint density at radius 2 is 2.40 bits per heavy atom. The second-order valence-corrected chi connectivity index (χ2v) is 3.69. The van der Waals surface area contributed by atoms with Gasteiger partial charge in [0, 0.05) is 18.6 Å². The molecular formula is C7H9N5O2S. The Balaban J connectivity index is 2.14. The maximum absolute atomic E-state index is 11.3. The summed E-state index contributed by atoms with van der Waals surface area (Å²) in [5.74, 6) is -0.241. The molecule has 2 N–H and O–H groups in total. The van der Waals surface area contributed by atoms with Crippen molar-refractivity contribution in [3.8, 4) is 0 Å². The molecule has 3 amide bonds. The Kier molecular flexibility index (Phi) is 2.50. The number of carbonyl (C=O) groups excluding carboxylic acids is 2. The number of rotatable bonds is 3. The van der Waals surface area contributed by atoms with Crippen LogP contribution in [0.3, 0.4) is 0 Å². The van der Waals surface area contributed by atoms with Crippen LogP contribution in [-0.2, 0) is 11.3 Å². The number of amides is 3. The van der Waals surface area contributed by atoms with Crippen molar-refractivity contribution in [3.05, 3.63) is 5.69 Å². The fourth-order valence-corrected chi connectivity index (χ4v) is 1.79. The minimum absolute atomic E-state index is 0.0608. The van der Waals surface area contributed by atoms with Crippen molar-refractivity contribution in [1.82, 2.24) is 19.8 Å². The lowest BCUT2D eigenvalue weighted by Gasteiger charge is -2.10. The van der Waals surface area contributed by atoms with Gasteiger partial charge >= 0.3 is 6.03 Å². The van der Waals surface area contributed by atoms with E-state index in [9.17, 15) is 9.59 Å². The lowest BCUT2D eigenvalue weighted by molar-refractivity contribution is -0.125. The summed E-state index contributed by atoms with van der Waals surface area (Å²) < 4.78 is 3.74. The average molecular weight is 227 g/mol. The van der Waals surface area contributed by atoms with E-state index >= 15 is 0 Å². The summed E-state index contributed by atoms with van der Waals surface area (Å²) >= 11 is 1.19. The molecule has 0 saturated carbocycles. The highest BCUT2D eigenvalue weighted by atomic mass is 32.1. The average Bonchev–Trinajstić information content (AvgIpc) is 2.79. The first-order chi connectivity index (χ1) is 7.22. The lowest BCUT2D eigenvalue weighted by atomic mass is 10.4. The first-order valence-corrected chi connectivity index (χ1v) is 5.07. The van der Waals surface area contributed by atoms with Gasteiger partial charge < -0.3 is 10.6 Å². The second kappa shape index (κ2) is 3.81. The topological polar surface area (TPSA) is 87.2 Å². The van der Waals surface area contributed by atoms with Crippen LogP contribution in [0.4, 0.5) is 9.80 Å². The fraction of sp³-hybridized carbons (Fsp3) is 0.429. The standard InChI is InChI=1S/C7H9N5O2S/c1-8-6-4(10-11-15-6)3-12-5(13)2-9-7(12)14/h8H,2-3H2,1H3,(H,9,14). The van der Waals surface area contributed by atoms with Crippen molar-refractivity contribution < 1.29 is 9.59 Å². The molecule has 0 radical (unpaired) electrons. The molecule has 1 saturated heterocycles. The number of imide groups is 1. The van der Waals surface area contributed by atoms with Crippen LogP contribution in [0.2, 0.25) is 0 Å². The largest absolute Gasteiger partial charge is 0.377 e. The van der Waals surface area contributed by atoms with Gasteiger partial charge in [-0.3, -0.25) is 9.69 Å². The molecule has 7 nitrogen and oxygen atoms in total. The van der Waals surface area contributed by atoms with E-state index < -0.39 is 0 Å². The molecule has 0 aromatic carbocycles. The molecule has 1 aliphatic rings. The van der Waals surface area contributed by atoms with Crippen LogP contribution in [-0.4, -0.2) is 40.0 Å². The van der Waals surface area contributed by atoms with Crippen LogP contribution in [0.5, 0.6) is 0 Å². The number of carbonyl (C=O) groups is 2. The van der Waals surface area contributed by atoms with E-state index in [-0.39, 0.29) is 25.0 Å². The summed E-state index contributed by atoms with van der Waals surface area (Å²) in [4.78, 5) is 23.6. The highest BCUT2D eigenvalue weighted by molar-refractivity contribution is 7.10. The normalized spacial score (nSPS) is 15.7. The molecule has 1 fully saturated rings. The third-order valence-corrected chi connectivity index (χ3v) is 2.81. The molecule has 0 spiro atoms. The zero-order valence-corrected chi connectivity index (χ0v) is 8.80. The van der Waals surface area contributed by atoms with E-state index in [1.807, 2.05) is 0 Å². The fourth-order valence-electron chi connectivity index (χ4n) is 1.27. The molecule has 8 heteroatoms. The minimum atomic E-state index is -0.380. The van der Waals surface area contributed by atoms with Crippen molar-refractivity contribution in [3.63, 3.8) is 0 Å². The molecule has 0 aliphatic carbocycles. The van der Waals surface area contributed by atoms with Crippen LogP contribution in [0, 0.1) is 0 Å². The van der Waals surface area contributed by atoms with E-state index in [1.54, 1.807) is 7.05 Å². The molecule has 1 aliphatic heterocycles. The number of hydrogen-bond donors (Lipinski definition) is 2. The summed E-state index contributed by atoms with van der Waals surface area (Å²) in [6.07, 6.45) is 0. The molecule has 0 atom stereocenters. The zero-order chi connectivity index (χ0) is 10.8. The van der Waals surface area contributed by atoms with Crippen molar-refractivity contribution in [2.24, 2.45) is 0 Å². The van der Waals surface area contributed by atoms with E-state index in [0.717, 1.165) is 9.90 Å². The lowest BCUT2D eigenvalue weighted by Crippen LogP contribution is -2.30. The maximum Gasteiger partial charge on any atom is 0.324 e. The number of anilines is 1. The van der Waals surface area contributed by atoms with Crippen LogP contribution in [0.25, 0.3) is 0 Å². The van der Waals surface area contributed by atoms with Gasteiger partial charge in [0.2, 0.25) is 5.91 Å². The van der Waals surface area contributed by atoms with Gasteiger partial charge in [-0.1, -0.05) is 4.49 Å². The molecule has 2 heterocycles. The number of aromatic nitrogens is 2. The number of urea groups is 1. The number of nitrogens with one attached hydrogen (secondary N) is 2. The van der Waals surface area contributed by atoms with Gasteiger partial charge in [0.15, 0.2) is 0 Å². The van der Waals surface area contributed by atoms with Crippen LogP contribution < -0.4 is 10.6 Å². The van der Waals surface area contributed by atoms with Gasteiger partial charge in [-0.15, -0.1) is 5.10 Å². The monoisotopic (exact) mass is 227 g/mol. The van der Waals surface area contributed by atoms with Gasteiger partial charge in [-0.25, -0.2) is 4.79 Å². The van der Waals surface area contributed by atoms with Crippen molar-refractivity contribution in [1.29, 1.82) is 0 Å². The quantitative estimate of drug-likeness (QED) is 0.688. The second-order valence-electron chi connectivity index (χ2n) is 2.94. The van der Waals surface area contributed by atoms with Crippen LogP contribution >= 0.6 is 11.5 Å². The molecule has 2 rings (SSSR count). The van der Waals surface area contributed by atoms with Crippen LogP contribution in [0.15, 0.2) is 0 Å². The van der Waals surface area contributed by atoms with Gasteiger partial charge in [-0.2, -0.15) is 0 Å². The molecule has 15 heavy (non-hydrogen) atoms. The van der Waals surface area contributed by atoms with E-state index in [2.05, 4.69) is 20.2 Å². The summed E-state index contributed by atoms with van der Waals surface area (Å²) in [6, 6.07) is -0.380. The van der Waals surface area contributed by atoms with Crippen molar-refractivity contribution in [2.45, 2.75) is 6.54 Å². The highest BCUT2D eigenvalue weighted by Gasteiger charge is 2.29. The number of nitrogens with zero attached hydrogens (tertiary/aromatic N) is 3. The minimum Gasteiger partial charge on any atom is -0.377 e. The summed E-state index contributed by atoms with van der Waals surface area (Å²) in [5, 5.41) is 9.96. The Labute approximate surface area is 89.6 Å². The third kappa shape index (κ3) is 1.75. The SMILES string of the molecule is CNc1snnc1CN1C(=O)CNC1=O. The van der Waals surface area contributed by atoms with Crippen molar-refractivity contribution >= 4 is 28.5 Å². The van der Waals surface area contributed by atoms with E-state index in [4.69, 9.17) is 0 Å². The molecule has 80 valence electrons. The molecular weight excluding hydrogens is 218 g/mol. The van der Waals surface area contributed by atoms with E-state index in [0.29, 0.717) is 5.69 Å². The highest BCUT2D eigenvalue weighted by Crippen LogP contribution is 2.19. The Morgan fingerprint density at radius 3 is 3.00 bits per heavy atom. The van der Waals surface area contributed by atoms with Gasteiger partial charge in [-0.05, 0) is 0 Å². The van der Waals surface area contributed by atoms with Crippen LogP contribution in [0.1, 0.15) is 5.69 Å². The molecule has 1 aromatic rings. The molecule has 0 unspecified atom stereocenters. The van der Waals surface area contributed by atoms with Gasteiger partial charge in [0.1, 0.15) is 10.7 Å². The summed E-state index contributed by atoms with van der Waals surface area (Å²) in [6.45, 7) is 0.225. The smallest absolute Gasteiger partial charge is 0.324 e. The third-order valence-electron chi connectivity index (χ3n) is 2.03. The van der Waals surface area contributed by atoms with Gasteiger partial charge in [0.05, 0.1) is 13.1 Å². The maximum atomic E-state index is 11.3. The Morgan fingerprint density at radius 1 is 1.60 bits per heavy atom. The number of hydrogen-bond acceptors (Lipinski definition) is 6. The van der Waals surface area contributed by atoms with E-state index in [1.165, 1.54) is 11.5 Å². The summed E-state index contributed by atoms with van der Waals surface area (Å²) in [5.41, 5.74) is 0.605. The predicted molar refractivity (Wildman–Crippen MR) is 53.4 cm³/mol. The molecule has 1 aromatic heterocycles. The van der Waals surface area contributed by atoms with Gasteiger partial charge in [0.25, 0.3) is 0 Å². The summed E-state index contributed by atoms with van der Waals surface area (Å²) in [7, 11) is 1.74. The Hall–Kier alpha value is -1.70.